The second-order valence-corrected chi connectivity index (χ2v) is 6.22. The largest absolute Gasteiger partial charge is 0.493 e. The number of carbonyl (C=O) groups is 2. The summed E-state index contributed by atoms with van der Waals surface area (Å²) < 4.78 is 24.1. The zero-order chi connectivity index (χ0) is 20.3. The summed E-state index contributed by atoms with van der Waals surface area (Å²) in [4.78, 5) is 27.1. The maximum atomic E-state index is 13.6. The molecule has 3 rings (SSSR count). The van der Waals surface area contributed by atoms with Crippen molar-refractivity contribution in [2.24, 2.45) is 0 Å². The van der Waals surface area contributed by atoms with Gasteiger partial charge in [0.2, 0.25) is 0 Å². The molecule has 2 aromatic carbocycles. The number of amides is 2. The van der Waals surface area contributed by atoms with E-state index in [1.54, 1.807) is 24.3 Å². The maximum Gasteiger partial charge on any atom is 0.278 e. The van der Waals surface area contributed by atoms with Crippen LogP contribution in [0.4, 0.5) is 10.1 Å². The van der Waals surface area contributed by atoms with E-state index in [2.05, 4.69) is 5.32 Å². The van der Waals surface area contributed by atoms with Gasteiger partial charge >= 0.3 is 0 Å². The van der Waals surface area contributed by atoms with E-state index < -0.39 is 17.6 Å². The number of benzene rings is 2. The van der Waals surface area contributed by atoms with Crippen LogP contribution in [-0.4, -0.2) is 37.5 Å². The van der Waals surface area contributed by atoms with Gasteiger partial charge in [0.05, 0.1) is 19.8 Å². The van der Waals surface area contributed by atoms with Gasteiger partial charge in [-0.15, -0.1) is 0 Å². The molecule has 0 spiro atoms. The van der Waals surface area contributed by atoms with Crippen molar-refractivity contribution < 1.29 is 23.5 Å². The Labute approximate surface area is 162 Å². The third-order valence-corrected chi connectivity index (χ3v) is 4.38. The van der Waals surface area contributed by atoms with Crippen LogP contribution >= 0.6 is 0 Å². The molecule has 28 heavy (non-hydrogen) atoms. The molecule has 0 fully saturated rings. The van der Waals surface area contributed by atoms with Gasteiger partial charge in [0, 0.05) is 12.2 Å². The number of ether oxygens (including phenoxy) is 2. The van der Waals surface area contributed by atoms with E-state index in [-0.39, 0.29) is 11.3 Å². The first-order valence-electron chi connectivity index (χ1n) is 8.85. The molecule has 0 bridgehead atoms. The summed E-state index contributed by atoms with van der Waals surface area (Å²) in [6.07, 6.45) is 0.629. The van der Waals surface area contributed by atoms with E-state index in [1.165, 1.54) is 37.3 Å². The summed E-state index contributed by atoms with van der Waals surface area (Å²) in [6, 6.07) is 10.7. The average Bonchev–Trinajstić information content (AvgIpc) is 2.92. The molecule has 2 amide bonds. The summed E-state index contributed by atoms with van der Waals surface area (Å²) in [7, 11) is 3.01. The number of hydrogen-bond acceptors (Lipinski definition) is 5. The van der Waals surface area contributed by atoms with E-state index in [0.29, 0.717) is 35.7 Å². The van der Waals surface area contributed by atoms with Crippen molar-refractivity contribution in [1.29, 1.82) is 0 Å². The Morgan fingerprint density at radius 2 is 1.75 bits per heavy atom. The van der Waals surface area contributed by atoms with Gasteiger partial charge in [-0.3, -0.25) is 14.5 Å². The molecular weight excluding hydrogens is 363 g/mol. The molecule has 1 heterocycles. The number of halogens is 1. The summed E-state index contributed by atoms with van der Waals surface area (Å²) in [5.41, 5.74) is 1.21. The minimum Gasteiger partial charge on any atom is -0.493 e. The van der Waals surface area contributed by atoms with E-state index in [4.69, 9.17) is 9.47 Å². The van der Waals surface area contributed by atoms with Gasteiger partial charge in [0.1, 0.15) is 11.5 Å². The van der Waals surface area contributed by atoms with Crippen molar-refractivity contribution in [3.63, 3.8) is 0 Å². The Kier molecular flexibility index (Phi) is 5.63. The number of rotatable bonds is 7. The summed E-state index contributed by atoms with van der Waals surface area (Å²) in [6.45, 7) is 2.18. The van der Waals surface area contributed by atoms with Crippen LogP contribution in [0.1, 0.15) is 18.9 Å². The van der Waals surface area contributed by atoms with Crippen molar-refractivity contribution in [3.8, 4) is 11.5 Å². The molecule has 2 aromatic rings. The molecular formula is C21H21FN2O4. The number of nitrogens with one attached hydrogen (secondary N) is 1. The fourth-order valence-electron chi connectivity index (χ4n) is 3.09. The molecule has 1 aliphatic heterocycles. The minimum atomic E-state index is -0.444. The third kappa shape index (κ3) is 3.55. The number of nitrogens with zero attached hydrogens (tertiary/aromatic N) is 1. The number of anilines is 1. The molecule has 0 aromatic heterocycles. The van der Waals surface area contributed by atoms with Crippen LogP contribution in [-0.2, 0) is 9.59 Å². The Morgan fingerprint density at radius 1 is 1.00 bits per heavy atom. The smallest absolute Gasteiger partial charge is 0.278 e. The van der Waals surface area contributed by atoms with Crippen LogP contribution in [0.5, 0.6) is 11.5 Å². The van der Waals surface area contributed by atoms with Gasteiger partial charge < -0.3 is 14.8 Å². The van der Waals surface area contributed by atoms with Gasteiger partial charge in [-0.1, -0.05) is 19.1 Å². The number of methoxy groups -OCH3 is 2. The fourth-order valence-corrected chi connectivity index (χ4v) is 3.09. The first-order valence-corrected chi connectivity index (χ1v) is 8.85. The van der Waals surface area contributed by atoms with Crippen LogP contribution in [0.25, 0.3) is 5.57 Å². The normalized spacial score (nSPS) is 13.9. The van der Waals surface area contributed by atoms with Crippen LogP contribution < -0.4 is 14.8 Å². The lowest BCUT2D eigenvalue weighted by molar-refractivity contribution is -0.136. The number of imide groups is 1. The highest BCUT2D eigenvalue weighted by molar-refractivity contribution is 6.36. The molecule has 146 valence electrons. The van der Waals surface area contributed by atoms with Crippen LogP contribution in [0.2, 0.25) is 0 Å². The summed E-state index contributed by atoms with van der Waals surface area (Å²) in [5, 5.41) is 2.92. The number of hydrogen-bond donors (Lipinski definition) is 1. The van der Waals surface area contributed by atoms with E-state index >= 15 is 0 Å². The molecule has 1 N–H and O–H groups in total. The van der Waals surface area contributed by atoms with Crippen LogP contribution in [0, 0.1) is 5.82 Å². The highest BCUT2D eigenvalue weighted by Crippen LogP contribution is 2.35. The standard InChI is InChI=1S/C21H21FN2O4/c1-4-10-24-20(25)18(13-8-9-16(27-2)17(11-13)28-3)19(21(24)26)23-15-7-5-6-14(22)12-15/h5-9,11-12,23H,4,10H2,1-3H3. The molecule has 0 saturated carbocycles. The zero-order valence-electron chi connectivity index (χ0n) is 15.9. The Morgan fingerprint density at radius 3 is 2.39 bits per heavy atom. The third-order valence-electron chi connectivity index (χ3n) is 4.38. The van der Waals surface area contributed by atoms with Crippen molar-refractivity contribution in [2.75, 3.05) is 26.1 Å². The zero-order valence-corrected chi connectivity index (χ0v) is 15.9. The summed E-state index contributed by atoms with van der Waals surface area (Å²) >= 11 is 0. The van der Waals surface area contributed by atoms with E-state index in [0.717, 1.165) is 0 Å². The van der Waals surface area contributed by atoms with Crippen molar-refractivity contribution >= 4 is 23.1 Å². The first-order chi connectivity index (χ1) is 13.5. The van der Waals surface area contributed by atoms with Gasteiger partial charge in [-0.2, -0.15) is 0 Å². The van der Waals surface area contributed by atoms with Crippen LogP contribution in [0.3, 0.4) is 0 Å². The van der Waals surface area contributed by atoms with E-state index in [1.807, 2.05) is 6.92 Å². The van der Waals surface area contributed by atoms with E-state index in [9.17, 15) is 14.0 Å². The van der Waals surface area contributed by atoms with Gasteiger partial charge in [-0.25, -0.2) is 4.39 Å². The first kappa shape index (κ1) is 19.4. The number of carbonyl (C=O) groups excluding carboxylic acids is 2. The predicted molar refractivity (Wildman–Crippen MR) is 103 cm³/mol. The maximum absolute atomic E-state index is 13.6. The Balaban J connectivity index is 2.11. The predicted octanol–water partition coefficient (Wildman–Crippen LogP) is 3.44. The lowest BCUT2D eigenvalue weighted by Crippen LogP contribution is -2.33. The Bertz CT molecular complexity index is 955. The molecule has 0 radical (unpaired) electrons. The SMILES string of the molecule is CCCN1C(=O)C(Nc2cccc(F)c2)=C(c2ccc(OC)c(OC)c2)C1=O. The minimum absolute atomic E-state index is 0.108. The molecule has 1 aliphatic rings. The topological polar surface area (TPSA) is 67.9 Å². The van der Waals surface area contributed by atoms with Gasteiger partial charge in [0.25, 0.3) is 11.8 Å². The highest BCUT2D eigenvalue weighted by Gasteiger charge is 2.39. The fraction of sp³-hybridized carbons (Fsp3) is 0.238. The van der Waals surface area contributed by atoms with Crippen molar-refractivity contribution in [3.05, 3.63) is 59.5 Å². The second-order valence-electron chi connectivity index (χ2n) is 6.22. The molecule has 7 heteroatoms. The van der Waals surface area contributed by atoms with Gasteiger partial charge in [0.15, 0.2) is 11.5 Å². The quantitative estimate of drug-likeness (QED) is 0.741. The lowest BCUT2D eigenvalue weighted by Gasteiger charge is -2.14. The second kappa shape index (κ2) is 8.12. The summed E-state index contributed by atoms with van der Waals surface area (Å²) in [5.74, 6) is -0.347. The average molecular weight is 384 g/mol. The molecule has 0 atom stereocenters. The lowest BCUT2D eigenvalue weighted by atomic mass is 10.0. The van der Waals surface area contributed by atoms with Gasteiger partial charge in [-0.05, 0) is 42.3 Å². The van der Waals surface area contributed by atoms with Crippen molar-refractivity contribution in [1.82, 2.24) is 4.90 Å². The molecule has 6 nitrogen and oxygen atoms in total. The molecule has 0 saturated heterocycles. The van der Waals surface area contributed by atoms with Crippen LogP contribution in [0.15, 0.2) is 48.2 Å². The monoisotopic (exact) mass is 384 g/mol. The molecule has 0 aliphatic carbocycles. The molecule has 0 unspecified atom stereocenters. The Hall–Kier alpha value is -3.35. The van der Waals surface area contributed by atoms with Crippen molar-refractivity contribution in [2.45, 2.75) is 13.3 Å². The highest BCUT2D eigenvalue weighted by atomic mass is 19.1.